The van der Waals surface area contributed by atoms with E-state index in [9.17, 15) is 9.59 Å². The van der Waals surface area contributed by atoms with E-state index in [2.05, 4.69) is 10.3 Å². The molecule has 1 amide bonds. The van der Waals surface area contributed by atoms with Gasteiger partial charge in [0, 0.05) is 11.8 Å². The van der Waals surface area contributed by atoms with Crippen LogP contribution < -0.4 is 10.9 Å². The number of aryl methyl sites for hydroxylation is 1. The van der Waals surface area contributed by atoms with Crippen molar-refractivity contribution in [3.05, 3.63) is 69.6 Å². The molecule has 0 saturated heterocycles. The quantitative estimate of drug-likeness (QED) is 0.794. The fourth-order valence-corrected chi connectivity index (χ4v) is 3.03. The van der Waals surface area contributed by atoms with E-state index in [1.54, 1.807) is 0 Å². The molecule has 5 nitrogen and oxygen atoms in total. The minimum absolute atomic E-state index is 0.0655. The molecule has 2 heterocycles. The van der Waals surface area contributed by atoms with Crippen molar-refractivity contribution in [1.82, 2.24) is 9.55 Å². The summed E-state index contributed by atoms with van der Waals surface area (Å²) in [5.41, 5.74) is 3.26. The molecule has 3 rings (SSSR count). The lowest BCUT2D eigenvalue weighted by molar-refractivity contribution is -0.116. The highest BCUT2D eigenvalue weighted by atomic mass is 32.1. The van der Waals surface area contributed by atoms with E-state index >= 15 is 0 Å². The first kappa shape index (κ1) is 16.1. The van der Waals surface area contributed by atoms with Crippen LogP contribution in [0.5, 0.6) is 0 Å². The predicted octanol–water partition coefficient (Wildman–Crippen LogP) is 3.23. The van der Waals surface area contributed by atoms with Crippen molar-refractivity contribution in [2.24, 2.45) is 0 Å². The Kier molecular flexibility index (Phi) is 4.57. The summed E-state index contributed by atoms with van der Waals surface area (Å²) in [6.07, 6.45) is 1.42. The van der Waals surface area contributed by atoms with Crippen LogP contribution >= 0.6 is 11.3 Å². The second kappa shape index (κ2) is 6.80. The van der Waals surface area contributed by atoms with Gasteiger partial charge in [0.2, 0.25) is 5.91 Å². The molecule has 0 unspecified atom stereocenters. The first-order valence-corrected chi connectivity index (χ1v) is 8.39. The number of carbonyl (C=O) groups is 1. The number of aromatic nitrogens is 2. The molecule has 0 fully saturated rings. The highest BCUT2D eigenvalue weighted by molar-refractivity contribution is 7.13. The number of rotatable bonds is 4. The van der Waals surface area contributed by atoms with E-state index in [-0.39, 0.29) is 18.0 Å². The minimum atomic E-state index is -0.253. The molecule has 1 N–H and O–H groups in total. The van der Waals surface area contributed by atoms with Gasteiger partial charge in [-0.15, -0.1) is 11.3 Å². The number of hydrogen-bond donors (Lipinski definition) is 1. The fraction of sp³-hybridized carbons (Fsp3) is 0.167. The summed E-state index contributed by atoms with van der Waals surface area (Å²) in [7, 11) is 0. The normalized spacial score (nSPS) is 10.6. The summed E-state index contributed by atoms with van der Waals surface area (Å²) >= 11 is 1.52. The zero-order valence-corrected chi connectivity index (χ0v) is 14.3. The molecule has 3 aromatic rings. The van der Waals surface area contributed by atoms with Gasteiger partial charge in [-0.1, -0.05) is 18.2 Å². The summed E-state index contributed by atoms with van der Waals surface area (Å²) in [5.74, 6) is -0.253. The second-order valence-corrected chi connectivity index (χ2v) is 6.46. The number of anilines is 1. The van der Waals surface area contributed by atoms with E-state index in [4.69, 9.17) is 0 Å². The van der Waals surface area contributed by atoms with Gasteiger partial charge in [-0.3, -0.25) is 14.2 Å². The van der Waals surface area contributed by atoms with Gasteiger partial charge in [0.25, 0.3) is 5.56 Å². The molecule has 0 saturated carbocycles. The molecule has 0 bridgehead atoms. The Morgan fingerprint density at radius 1 is 1.25 bits per heavy atom. The van der Waals surface area contributed by atoms with Gasteiger partial charge in [0.05, 0.1) is 16.9 Å². The molecule has 24 heavy (non-hydrogen) atoms. The summed E-state index contributed by atoms with van der Waals surface area (Å²) < 4.78 is 1.30. The number of thiophene rings is 1. The van der Waals surface area contributed by atoms with Crippen LogP contribution in [0.15, 0.2) is 52.9 Å². The summed E-state index contributed by atoms with van der Waals surface area (Å²) in [6.45, 7) is 3.88. The molecular weight excluding hydrogens is 322 g/mol. The van der Waals surface area contributed by atoms with Crippen LogP contribution in [0.4, 0.5) is 5.69 Å². The van der Waals surface area contributed by atoms with Crippen molar-refractivity contribution >= 4 is 22.9 Å². The van der Waals surface area contributed by atoms with Crippen LogP contribution in [-0.4, -0.2) is 15.5 Å². The maximum Gasteiger partial charge on any atom is 0.254 e. The Morgan fingerprint density at radius 3 is 2.79 bits per heavy atom. The Balaban J connectivity index is 1.75. The van der Waals surface area contributed by atoms with Gasteiger partial charge < -0.3 is 5.32 Å². The van der Waals surface area contributed by atoms with Crippen LogP contribution in [0.3, 0.4) is 0 Å². The maximum absolute atomic E-state index is 12.2. The zero-order chi connectivity index (χ0) is 17.1. The Morgan fingerprint density at radius 2 is 2.08 bits per heavy atom. The van der Waals surface area contributed by atoms with Crippen molar-refractivity contribution in [2.75, 3.05) is 5.32 Å². The van der Waals surface area contributed by atoms with Crippen LogP contribution in [-0.2, 0) is 11.3 Å². The molecule has 0 aliphatic rings. The third kappa shape index (κ3) is 3.44. The molecular formula is C18H17N3O2S. The third-order valence-corrected chi connectivity index (χ3v) is 4.74. The summed E-state index contributed by atoms with van der Waals surface area (Å²) in [6, 6.07) is 11.0. The third-order valence-electron chi connectivity index (χ3n) is 3.85. The van der Waals surface area contributed by atoms with Gasteiger partial charge >= 0.3 is 0 Å². The van der Waals surface area contributed by atoms with Crippen LogP contribution in [0, 0.1) is 13.8 Å². The second-order valence-electron chi connectivity index (χ2n) is 5.51. The molecule has 0 atom stereocenters. The number of nitrogens with one attached hydrogen (secondary N) is 1. The Hall–Kier alpha value is -2.73. The smallest absolute Gasteiger partial charge is 0.254 e. The van der Waals surface area contributed by atoms with Crippen LogP contribution in [0.1, 0.15) is 11.1 Å². The first-order valence-electron chi connectivity index (χ1n) is 7.51. The number of amides is 1. The van der Waals surface area contributed by atoms with Gasteiger partial charge in [-0.05, 0) is 42.5 Å². The van der Waals surface area contributed by atoms with E-state index < -0.39 is 0 Å². The molecule has 1 aromatic carbocycles. The number of carbonyl (C=O) groups excluding carboxylic acids is 1. The standard InChI is InChI=1S/C18H17N3O2S/c1-12-5-3-6-14(13(12)2)20-17(22)10-21-11-19-15(9-18(21)23)16-7-4-8-24-16/h3-9,11H,10H2,1-2H3,(H,20,22). The molecule has 0 radical (unpaired) electrons. The van der Waals surface area contributed by atoms with E-state index in [0.717, 1.165) is 21.7 Å². The predicted molar refractivity (Wildman–Crippen MR) is 96.4 cm³/mol. The van der Waals surface area contributed by atoms with Gasteiger partial charge in [0.15, 0.2) is 0 Å². The average molecular weight is 339 g/mol. The van der Waals surface area contributed by atoms with Crippen molar-refractivity contribution in [3.8, 4) is 10.6 Å². The minimum Gasteiger partial charge on any atom is -0.324 e. The molecule has 0 spiro atoms. The van der Waals surface area contributed by atoms with Gasteiger partial charge in [-0.25, -0.2) is 4.98 Å². The Bertz CT molecular complexity index is 930. The lowest BCUT2D eigenvalue weighted by Crippen LogP contribution is -2.27. The SMILES string of the molecule is Cc1cccc(NC(=O)Cn2cnc(-c3cccs3)cc2=O)c1C. The molecule has 2 aromatic heterocycles. The molecule has 0 aliphatic heterocycles. The first-order chi connectivity index (χ1) is 11.5. The average Bonchev–Trinajstić information content (AvgIpc) is 3.08. The van der Waals surface area contributed by atoms with Gasteiger partial charge in [-0.2, -0.15) is 0 Å². The van der Waals surface area contributed by atoms with E-state index in [1.807, 2.05) is 49.6 Å². The number of hydrogen-bond acceptors (Lipinski definition) is 4. The van der Waals surface area contributed by atoms with Crippen molar-refractivity contribution < 1.29 is 4.79 Å². The summed E-state index contributed by atoms with van der Waals surface area (Å²) in [5, 5.41) is 4.78. The molecule has 0 aliphatic carbocycles. The topological polar surface area (TPSA) is 64.0 Å². The number of nitrogens with zero attached hydrogens (tertiary/aromatic N) is 2. The zero-order valence-electron chi connectivity index (χ0n) is 13.4. The number of benzene rings is 1. The van der Waals surface area contributed by atoms with Crippen molar-refractivity contribution in [3.63, 3.8) is 0 Å². The molecule has 122 valence electrons. The monoisotopic (exact) mass is 339 g/mol. The van der Waals surface area contributed by atoms with Crippen molar-refractivity contribution in [1.29, 1.82) is 0 Å². The Labute approximate surface area is 143 Å². The maximum atomic E-state index is 12.2. The van der Waals surface area contributed by atoms with E-state index in [0.29, 0.717) is 5.69 Å². The lowest BCUT2D eigenvalue weighted by atomic mass is 10.1. The summed E-state index contributed by atoms with van der Waals surface area (Å²) in [4.78, 5) is 29.6. The van der Waals surface area contributed by atoms with Crippen LogP contribution in [0.25, 0.3) is 10.6 Å². The fourth-order valence-electron chi connectivity index (χ4n) is 2.33. The van der Waals surface area contributed by atoms with Crippen molar-refractivity contribution in [2.45, 2.75) is 20.4 Å². The largest absolute Gasteiger partial charge is 0.324 e. The van der Waals surface area contributed by atoms with E-state index in [1.165, 1.54) is 28.3 Å². The lowest BCUT2D eigenvalue weighted by Gasteiger charge is -2.11. The highest BCUT2D eigenvalue weighted by Gasteiger charge is 2.09. The van der Waals surface area contributed by atoms with Gasteiger partial charge in [0.1, 0.15) is 6.54 Å². The highest BCUT2D eigenvalue weighted by Crippen LogP contribution is 2.21. The molecule has 6 heteroatoms. The van der Waals surface area contributed by atoms with Crippen LogP contribution in [0.2, 0.25) is 0 Å².